The number of urea groups is 1. The van der Waals surface area contributed by atoms with Crippen LogP contribution in [-0.2, 0) is 0 Å². The molecular formula is C15H9Cl2N5O2. The van der Waals surface area contributed by atoms with Crippen molar-refractivity contribution in [3.63, 3.8) is 0 Å². The van der Waals surface area contributed by atoms with E-state index in [1.807, 2.05) is 6.07 Å². The maximum Gasteiger partial charge on any atom is 0.323 e. The van der Waals surface area contributed by atoms with Gasteiger partial charge in [-0.25, -0.2) is 9.59 Å². The summed E-state index contributed by atoms with van der Waals surface area (Å²) in [4.78, 5) is 28.7. The number of hydrogen-bond donors (Lipinski definition) is 4. The lowest BCUT2D eigenvalue weighted by atomic mass is 10.2. The molecule has 0 spiro atoms. The largest absolute Gasteiger partial charge is 0.323 e. The molecule has 120 valence electrons. The number of rotatable bonds is 2. The molecule has 0 fully saturated rings. The Morgan fingerprint density at radius 2 is 1.75 bits per heavy atom. The van der Waals surface area contributed by atoms with Crippen molar-refractivity contribution in [2.45, 2.75) is 0 Å². The van der Waals surface area contributed by atoms with Crippen LogP contribution in [0.4, 0.5) is 16.2 Å². The number of H-pyrrole nitrogens is 2. The highest BCUT2D eigenvalue weighted by Crippen LogP contribution is 2.30. The lowest BCUT2D eigenvalue weighted by Gasteiger charge is -2.10. The van der Waals surface area contributed by atoms with Gasteiger partial charge in [-0.3, -0.25) is 0 Å². The molecule has 2 aromatic carbocycles. The molecule has 9 heteroatoms. The smallest absolute Gasteiger partial charge is 0.306 e. The Morgan fingerprint density at radius 1 is 1.04 bits per heavy atom. The van der Waals surface area contributed by atoms with Crippen molar-refractivity contribution in [3.05, 3.63) is 56.4 Å². The molecule has 7 nitrogen and oxygen atoms in total. The average molecular weight is 362 g/mol. The molecule has 0 aliphatic rings. The highest BCUT2D eigenvalue weighted by Gasteiger charge is 2.13. The number of nitrogens with one attached hydrogen (secondary N) is 4. The van der Waals surface area contributed by atoms with Crippen LogP contribution in [0.3, 0.4) is 0 Å². The number of carbonyl (C=O) groups excluding carboxylic acids is 1. The molecule has 0 atom stereocenters. The summed E-state index contributed by atoms with van der Waals surface area (Å²) in [5.41, 5.74) is 1.13. The second-order valence-corrected chi connectivity index (χ2v) is 5.57. The quantitative estimate of drug-likeness (QED) is 0.558. The summed E-state index contributed by atoms with van der Waals surface area (Å²) in [5.74, 6) is 0. The Hall–Kier alpha value is -2.95. The standard InChI is InChI=1S/C15H9Cl2N5O2/c16-8-2-1-3-9(11(8)17)19-14(23)20-10-5-4-7(6-18)12-13(10)22-15(24)21-12/h1-5H,(H2,19,20,23)(H2,21,22,24). The SMILES string of the molecule is N#Cc1ccc(NC(=O)Nc2cccc(Cl)c2Cl)c2[nH]c(=O)[nH]c12. The molecule has 0 unspecified atom stereocenters. The van der Waals surface area contributed by atoms with Crippen molar-refractivity contribution in [3.8, 4) is 6.07 Å². The van der Waals surface area contributed by atoms with E-state index in [4.69, 9.17) is 28.5 Å². The number of benzene rings is 2. The maximum atomic E-state index is 12.2. The van der Waals surface area contributed by atoms with Crippen LogP contribution < -0.4 is 16.3 Å². The van der Waals surface area contributed by atoms with E-state index < -0.39 is 11.7 Å². The van der Waals surface area contributed by atoms with E-state index in [0.29, 0.717) is 27.4 Å². The van der Waals surface area contributed by atoms with Crippen LogP contribution in [0.1, 0.15) is 5.56 Å². The summed E-state index contributed by atoms with van der Waals surface area (Å²) < 4.78 is 0. The third-order valence-corrected chi connectivity index (χ3v) is 4.07. The Labute approximate surface area is 145 Å². The number of carbonyl (C=O) groups is 1. The van der Waals surface area contributed by atoms with Crippen LogP contribution in [0.25, 0.3) is 11.0 Å². The van der Waals surface area contributed by atoms with Gasteiger partial charge in [-0.1, -0.05) is 29.3 Å². The summed E-state index contributed by atoms with van der Waals surface area (Å²) in [5, 5.41) is 14.7. The number of amides is 2. The Kier molecular flexibility index (Phi) is 4.16. The lowest BCUT2D eigenvalue weighted by molar-refractivity contribution is 0.262. The van der Waals surface area contributed by atoms with Crippen LogP contribution in [0.15, 0.2) is 35.1 Å². The van der Waals surface area contributed by atoms with Gasteiger partial charge >= 0.3 is 11.7 Å². The zero-order valence-corrected chi connectivity index (χ0v) is 13.4. The number of aromatic amines is 2. The van der Waals surface area contributed by atoms with Gasteiger partial charge < -0.3 is 20.6 Å². The van der Waals surface area contributed by atoms with Crippen LogP contribution in [0.5, 0.6) is 0 Å². The number of fused-ring (bicyclic) bond motifs is 1. The van der Waals surface area contributed by atoms with Crippen molar-refractivity contribution in [1.29, 1.82) is 5.26 Å². The number of hydrogen-bond acceptors (Lipinski definition) is 3. The predicted octanol–water partition coefficient (Wildman–Crippen LogP) is 3.68. The second kappa shape index (κ2) is 6.28. The number of nitrogens with zero attached hydrogens (tertiary/aromatic N) is 1. The number of anilines is 2. The van der Waals surface area contributed by atoms with Gasteiger partial charge in [0, 0.05) is 0 Å². The highest BCUT2D eigenvalue weighted by molar-refractivity contribution is 6.44. The van der Waals surface area contributed by atoms with Gasteiger partial charge in [0.25, 0.3) is 0 Å². The summed E-state index contributed by atoms with van der Waals surface area (Å²) in [6.45, 7) is 0. The lowest BCUT2D eigenvalue weighted by Crippen LogP contribution is -2.20. The van der Waals surface area contributed by atoms with Gasteiger partial charge in [-0.2, -0.15) is 5.26 Å². The first-order valence-corrected chi connectivity index (χ1v) is 7.42. The molecule has 3 aromatic rings. The molecule has 24 heavy (non-hydrogen) atoms. The zero-order chi connectivity index (χ0) is 17.3. The number of nitriles is 1. The molecule has 0 radical (unpaired) electrons. The van der Waals surface area contributed by atoms with Crippen LogP contribution in [0, 0.1) is 11.3 Å². The normalized spacial score (nSPS) is 10.4. The van der Waals surface area contributed by atoms with E-state index in [2.05, 4.69) is 20.6 Å². The Morgan fingerprint density at radius 3 is 2.50 bits per heavy atom. The molecule has 2 amide bonds. The number of aromatic nitrogens is 2. The van der Waals surface area contributed by atoms with Crippen molar-refractivity contribution < 1.29 is 4.79 Å². The van der Waals surface area contributed by atoms with E-state index >= 15 is 0 Å². The molecule has 0 saturated heterocycles. The van der Waals surface area contributed by atoms with Crippen molar-refractivity contribution >= 4 is 51.6 Å². The van der Waals surface area contributed by atoms with Crippen LogP contribution >= 0.6 is 23.2 Å². The van der Waals surface area contributed by atoms with Gasteiger partial charge in [-0.15, -0.1) is 0 Å². The third-order valence-electron chi connectivity index (χ3n) is 3.25. The monoisotopic (exact) mass is 361 g/mol. The minimum atomic E-state index is -0.577. The molecule has 1 heterocycles. The van der Waals surface area contributed by atoms with E-state index in [9.17, 15) is 9.59 Å². The second-order valence-electron chi connectivity index (χ2n) is 4.78. The van der Waals surface area contributed by atoms with E-state index in [-0.39, 0.29) is 10.6 Å². The minimum absolute atomic E-state index is 0.217. The minimum Gasteiger partial charge on any atom is -0.306 e. The predicted molar refractivity (Wildman–Crippen MR) is 92.7 cm³/mol. The van der Waals surface area contributed by atoms with Crippen LogP contribution in [-0.4, -0.2) is 16.0 Å². The van der Waals surface area contributed by atoms with Gasteiger partial charge in [0.15, 0.2) is 0 Å². The fourth-order valence-electron chi connectivity index (χ4n) is 2.19. The van der Waals surface area contributed by atoms with Gasteiger partial charge in [-0.05, 0) is 24.3 Å². The van der Waals surface area contributed by atoms with Crippen LogP contribution in [0.2, 0.25) is 10.0 Å². The number of halogens is 2. The first kappa shape index (κ1) is 15.9. The molecule has 0 bridgehead atoms. The molecular weight excluding hydrogens is 353 g/mol. The van der Waals surface area contributed by atoms with Gasteiger partial charge in [0.1, 0.15) is 6.07 Å². The summed E-state index contributed by atoms with van der Waals surface area (Å²) in [6.07, 6.45) is 0. The first-order valence-electron chi connectivity index (χ1n) is 6.66. The molecule has 1 aromatic heterocycles. The van der Waals surface area contributed by atoms with Crippen molar-refractivity contribution in [2.75, 3.05) is 10.6 Å². The highest BCUT2D eigenvalue weighted by atomic mass is 35.5. The topological polar surface area (TPSA) is 114 Å². The Balaban J connectivity index is 1.90. The van der Waals surface area contributed by atoms with Crippen molar-refractivity contribution in [1.82, 2.24) is 9.97 Å². The molecule has 0 aliphatic heterocycles. The molecule has 0 aliphatic carbocycles. The molecule has 0 saturated carbocycles. The Bertz CT molecular complexity index is 1050. The van der Waals surface area contributed by atoms with E-state index in [0.717, 1.165) is 0 Å². The summed E-state index contributed by atoms with van der Waals surface area (Å²) in [7, 11) is 0. The maximum absolute atomic E-state index is 12.2. The zero-order valence-electron chi connectivity index (χ0n) is 11.9. The van der Waals surface area contributed by atoms with Crippen molar-refractivity contribution in [2.24, 2.45) is 0 Å². The third kappa shape index (κ3) is 2.93. The molecule has 4 N–H and O–H groups in total. The van der Waals surface area contributed by atoms with E-state index in [1.54, 1.807) is 18.2 Å². The van der Waals surface area contributed by atoms with E-state index in [1.165, 1.54) is 12.1 Å². The summed E-state index contributed by atoms with van der Waals surface area (Å²) >= 11 is 11.9. The first-order chi connectivity index (χ1) is 11.5. The average Bonchev–Trinajstić information content (AvgIpc) is 2.94. The van der Waals surface area contributed by atoms with Gasteiger partial charge in [0.05, 0.1) is 38.0 Å². The fourth-order valence-corrected chi connectivity index (χ4v) is 2.54. The number of imidazole rings is 1. The molecule has 3 rings (SSSR count). The van der Waals surface area contributed by atoms with Gasteiger partial charge in [0.2, 0.25) is 0 Å². The fraction of sp³-hybridized carbons (Fsp3) is 0. The summed E-state index contributed by atoms with van der Waals surface area (Å²) in [6, 6.07) is 9.24.